The topological polar surface area (TPSA) is 46.5 Å². The molecule has 144 valence electrons. The Balaban J connectivity index is 4.41. The van der Waals surface area contributed by atoms with Gasteiger partial charge in [0.2, 0.25) is 0 Å². The third kappa shape index (κ3) is 10.3. The number of hydrogen-bond acceptors (Lipinski definition) is 2. The summed E-state index contributed by atoms with van der Waals surface area (Å²) in [6.45, 7) is 13.1. The first-order valence-corrected chi connectivity index (χ1v) is 10.0. The SMILES string of the molecule is CCCCCCCC(C)(CCCC)OCC(C)CC(C)(C)C(=O)O. The Labute approximate surface area is 150 Å². The molecule has 2 unspecified atom stereocenters. The van der Waals surface area contributed by atoms with Gasteiger partial charge in [0, 0.05) is 6.61 Å². The van der Waals surface area contributed by atoms with Crippen molar-refractivity contribution in [3.8, 4) is 0 Å². The second kappa shape index (κ2) is 11.9. The molecule has 0 radical (unpaired) electrons. The van der Waals surface area contributed by atoms with Gasteiger partial charge in [-0.3, -0.25) is 4.79 Å². The highest BCUT2D eigenvalue weighted by Crippen LogP contribution is 2.30. The molecule has 3 heteroatoms. The molecule has 0 amide bonds. The fourth-order valence-electron chi connectivity index (χ4n) is 3.28. The molecule has 0 aromatic heterocycles. The van der Waals surface area contributed by atoms with Crippen LogP contribution in [0, 0.1) is 11.3 Å². The molecule has 0 spiro atoms. The Morgan fingerprint density at radius 1 is 0.958 bits per heavy atom. The van der Waals surface area contributed by atoms with Gasteiger partial charge in [-0.25, -0.2) is 0 Å². The minimum absolute atomic E-state index is 0.0517. The van der Waals surface area contributed by atoms with Gasteiger partial charge in [0.1, 0.15) is 0 Å². The third-order valence-corrected chi connectivity index (χ3v) is 5.02. The van der Waals surface area contributed by atoms with Crippen molar-refractivity contribution in [2.45, 2.75) is 111 Å². The second-order valence-corrected chi connectivity index (χ2v) is 8.53. The van der Waals surface area contributed by atoms with Crippen LogP contribution in [0.1, 0.15) is 106 Å². The van der Waals surface area contributed by atoms with Crippen LogP contribution >= 0.6 is 0 Å². The van der Waals surface area contributed by atoms with Crippen molar-refractivity contribution in [2.24, 2.45) is 11.3 Å². The first-order valence-electron chi connectivity index (χ1n) is 10.0. The summed E-state index contributed by atoms with van der Waals surface area (Å²) in [5, 5.41) is 9.28. The van der Waals surface area contributed by atoms with Crippen molar-refractivity contribution >= 4 is 5.97 Å². The average Bonchev–Trinajstić information content (AvgIpc) is 2.50. The Kier molecular flexibility index (Phi) is 11.6. The molecular weight excluding hydrogens is 300 g/mol. The van der Waals surface area contributed by atoms with Gasteiger partial charge in [-0.2, -0.15) is 0 Å². The van der Waals surface area contributed by atoms with E-state index < -0.39 is 11.4 Å². The van der Waals surface area contributed by atoms with E-state index in [-0.39, 0.29) is 11.5 Å². The van der Waals surface area contributed by atoms with Gasteiger partial charge in [0.05, 0.1) is 11.0 Å². The molecule has 24 heavy (non-hydrogen) atoms. The molecule has 0 saturated heterocycles. The van der Waals surface area contributed by atoms with Gasteiger partial charge in [-0.1, -0.05) is 65.7 Å². The van der Waals surface area contributed by atoms with Crippen molar-refractivity contribution in [1.29, 1.82) is 0 Å². The monoisotopic (exact) mass is 342 g/mol. The summed E-state index contributed by atoms with van der Waals surface area (Å²) in [6, 6.07) is 0. The fraction of sp³-hybridized carbons (Fsp3) is 0.952. The van der Waals surface area contributed by atoms with E-state index in [9.17, 15) is 9.90 Å². The van der Waals surface area contributed by atoms with Crippen molar-refractivity contribution < 1.29 is 14.6 Å². The Morgan fingerprint density at radius 2 is 1.50 bits per heavy atom. The summed E-state index contributed by atoms with van der Waals surface area (Å²) in [5.74, 6) is -0.462. The molecule has 0 rings (SSSR count). The van der Waals surface area contributed by atoms with E-state index in [1.807, 2.05) is 0 Å². The fourth-order valence-corrected chi connectivity index (χ4v) is 3.28. The van der Waals surface area contributed by atoms with Crippen LogP contribution in [-0.4, -0.2) is 23.3 Å². The number of unbranched alkanes of at least 4 members (excludes halogenated alkanes) is 5. The second-order valence-electron chi connectivity index (χ2n) is 8.53. The van der Waals surface area contributed by atoms with E-state index in [1.165, 1.54) is 44.9 Å². The Morgan fingerprint density at radius 3 is 2.04 bits per heavy atom. The van der Waals surface area contributed by atoms with Crippen LogP contribution in [0.4, 0.5) is 0 Å². The minimum atomic E-state index is -0.723. The molecule has 0 heterocycles. The summed E-state index contributed by atoms with van der Waals surface area (Å²) in [4.78, 5) is 11.3. The highest BCUT2D eigenvalue weighted by Gasteiger charge is 2.31. The number of carboxylic acids is 1. The Bertz CT molecular complexity index is 338. The lowest BCUT2D eigenvalue weighted by Gasteiger charge is -2.33. The maximum absolute atomic E-state index is 11.3. The predicted octanol–water partition coefficient (Wildman–Crippen LogP) is 6.45. The van der Waals surface area contributed by atoms with Crippen LogP contribution < -0.4 is 0 Å². The van der Waals surface area contributed by atoms with Gasteiger partial charge in [-0.05, 0) is 46.0 Å². The van der Waals surface area contributed by atoms with Gasteiger partial charge >= 0.3 is 5.97 Å². The van der Waals surface area contributed by atoms with Crippen LogP contribution in [0.2, 0.25) is 0 Å². The lowest BCUT2D eigenvalue weighted by Crippen LogP contribution is -2.33. The molecular formula is C21H42O3. The van der Waals surface area contributed by atoms with Crippen LogP contribution in [-0.2, 0) is 9.53 Å². The van der Waals surface area contributed by atoms with Crippen molar-refractivity contribution in [3.05, 3.63) is 0 Å². The zero-order valence-corrected chi connectivity index (χ0v) is 17.1. The molecule has 0 bridgehead atoms. The highest BCUT2D eigenvalue weighted by atomic mass is 16.5. The maximum atomic E-state index is 11.3. The van der Waals surface area contributed by atoms with Crippen molar-refractivity contribution in [1.82, 2.24) is 0 Å². The summed E-state index contributed by atoms with van der Waals surface area (Å²) in [7, 11) is 0. The molecule has 0 aromatic carbocycles. The van der Waals surface area contributed by atoms with Gasteiger partial charge in [-0.15, -0.1) is 0 Å². The van der Waals surface area contributed by atoms with E-state index >= 15 is 0 Å². The minimum Gasteiger partial charge on any atom is -0.481 e. The quantitative estimate of drug-likeness (QED) is 0.348. The van der Waals surface area contributed by atoms with Crippen LogP contribution in [0.15, 0.2) is 0 Å². The number of aliphatic carboxylic acids is 1. The van der Waals surface area contributed by atoms with Crippen LogP contribution in [0.5, 0.6) is 0 Å². The van der Waals surface area contributed by atoms with E-state index in [0.29, 0.717) is 13.0 Å². The first kappa shape index (κ1) is 23.4. The highest BCUT2D eigenvalue weighted by molar-refractivity contribution is 5.73. The van der Waals surface area contributed by atoms with Gasteiger partial charge in [0.25, 0.3) is 0 Å². The molecule has 1 N–H and O–H groups in total. The van der Waals surface area contributed by atoms with E-state index in [4.69, 9.17) is 4.74 Å². The van der Waals surface area contributed by atoms with Crippen LogP contribution in [0.3, 0.4) is 0 Å². The van der Waals surface area contributed by atoms with E-state index in [2.05, 4.69) is 27.7 Å². The average molecular weight is 343 g/mol. The third-order valence-electron chi connectivity index (χ3n) is 5.02. The molecule has 0 aliphatic carbocycles. The molecule has 0 aromatic rings. The summed E-state index contributed by atoms with van der Waals surface area (Å²) in [6.07, 6.45) is 11.7. The maximum Gasteiger partial charge on any atom is 0.309 e. The molecule has 0 aliphatic heterocycles. The molecule has 0 aliphatic rings. The molecule has 0 saturated carbocycles. The molecule has 0 fully saturated rings. The number of ether oxygens (including phenoxy) is 1. The number of carboxylic acid groups (broad SMARTS) is 1. The number of hydrogen-bond donors (Lipinski definition) is 1. The van der Waals surface area contributed by atoms with Crippen molar-refractivity contribution in [2.75, 3.05) is 6.61 Å². The normalized spacial score (nSPS) is 15.9. The zero-order chi connectivity index (χ0) is 18.6. The smallest absolute Gasteiger partial charge is 0.309 e. The van der Waals surface area contributed by atoms with E-state index in [0.717, 1.165) is 12.8 Å². The number of rotatable bonds is 15. The summed E-state index contributed by atoms with van der Waals surface area (Å²) in [5.41, 5.74) is -0.730. The lowest BCUT2D eigenvalue weighted by atomic mass is 9.83. The van der Waals surface area contributed by atoms with Crippen molar-refractivity contribution in [3.63, 3.8) is 0 Å². The van der Waals surface area contributed by atoms with Gasteiger partial charge < -0.3 is 9.84 Å². The summed E-state index contributed by atoms with van der Waals surface area (Å²) >= 11 is 0. The Hall–Kier alpha value is -0.570. The zero-order valence-electron chi connectivity index (χ0n) is 17.1. The van der Waals surface area contributed by atoms with Crippen LogP contribution in [0.25, 0.3) is 0 Å². The predicted molar refractivity (Wildman–Crippen MR) is 102 cm³/mol. The number of carbonyl (C=O) groups is 1. The van der Waals surface area contributed by atoms with Gasteiger partial charge in [0.15, 0.2) is 0 Å². The largest absolute Gasteiger partial charge is 0.481 e. The first-order chi connectivity index (χ1) is 11.2. The lowest BCUT2D eigenvalue weighted by molar-refractivity contribution is -0.148. The summed E-state index contributed by atoms with van der Waals surface area (Å²) < 4.78 is 6.33. The molecule has 2 atom stereocenters. The van der Waals surface area contributed by atoms with E-state index in [1.54, 1.807) is 13.8 Å². The molecule has 3 nitrogen and oxygen atoms in total. The standard InChI is InChI=1S/C21H42O3/c1-7-9-11-12-13-15-21(6,14-10-8-2)24-17-18(3)16-20(4,5)19(22)23/h18H,7-17H2,1-6H3,(H,22,23).